The van der Waals surface area contributed by atoms with E-state index in [1.54, 1.807) is 12.5 Å². The highest BCUT2D eigenvalue weighted by Crippen LogP contribution is 2.06. The van der Waals surface area contributed by atoms with Crippen LogP contribution in [0, 0.1) is 6.92 Å². The molecule has 4 heteroatoms. The van der Waals surface area contributed by atoms with Crippen molar-refractivity contribution in [1.29, 1.82) is 0 Å². The minimum absolute atomic E-state index is 0.595. The Morgan fingerprint density at radius 1 is 1.80 bits per heavy atom. The zero-order valence-electron chi connectivity index (χ0n) is 6.07. The Kier molecular flexibility index (Phi) is 1.71. The molecule has 1 heterocycles. The lowest BCUT2D eigenvalue weighted by molar-refractivity contribution is 0.892. The molecular formula is C6H10N4. The van der Waals surface area contributed by atoms with Crippen molar-refractivity contribution >= 4 is 12.0 Å². The van der Waals surface area contributed by atoms with Gasteiger partial charge in [-0.15, -0.1) is 0 Å². The molecule has 0 fully saturated rings. The summed E-state index contributed by atoms with van der Waals surface area (Å²) in [5.41, 5.74) is 6.39. The second-order valence-electron chi connectivity index (χ2n) is 1.93. The van der Waals surface area contributed by atoms with Crippen molar-refractivity contribution in [2.24, 2.45) is 5.10 Å². The first-order valence-corrected chi connectivity index (χ1v) is 3.04. The van der Waals surface area contributed by atoms with E-state index in [1.807, 2.05) is 13.8 Å². The Balaban J connectivity index is 3.05. The van der Waals surface area contributed by atoms with Gasteiger partial charge in [0.05, 0.1) is 5.69 Å². The van der Waals surface area contributed by atoms with E-state index >= 15 is 0 Å². The van der Waals surface area contributed by atoms with Crippen molar-refractivity contribution in [3.8, 4) is 0 Å². The highest BCUT2D eigenvalue weighted by atomic mass is 15.4. The van der Waals surface area contributed by atoms with E-state index in [-0.39, 0.29) is 0 Å². The van der Waals surface area contributed by atoms with E-state index in [0.717, 1.165) is 5.69 Å². The van der Waals surface area contributed by atoms with Crippen LogP contribution in [-0.2, 0) is 0 Å². The molecule has 1 aromatic rings. The summed E-state index contributed by atoms with van der Waals surface area (Å²) >= 11 is 0. The fourth-order valence-corrected chi connectivity index (χ4v) is 0.652. The lowest BCUT2D eigenvalue weighted by Gasteiger charge is -1.93. The summed E-state index contributed by atoms with van der Waals surface area (Å²) < 4.78 is 1.54. The maximum Gasteiger partial charge on any atom is 0.148 e. The van der Waals surface area contributed by atoms with Gasteiger partial charge in [-0.3, -0.25) is 0 Å². The van der Waals surface area contributed by atoms with Crippen LogP contribution in [-0.4, -0.2) is 15.9 Å². The maximum absolute atomic E-state index is 5.58. The molecule has 0 saturated carbocycles. The van der Waals surface area contributed by atoms with Crippen molar-refractivity contribution < 1.29 is 0 Å². The second-order valence-corrected chi connectivity index (χ2v) is 1.93. The summed E-state index contributed by atoms with van der Waals surface area (Å²) in [6, 6.07) is 0. The molecule has 0 unspecified atom stereocenters. The number of hydrogen-bond acceptors (Lipinski definition) is 3. The van der Waals surface area contributed by atoms with Crippen LogP contribution in [0.2, 0.25) is 0 Å². The van der Waals surface area contributed by atoms with Crippen LogP contribution >= 0.6 is 0 Å². The molecule has 0 bridgehead atoms. The minimum atomic E-state index is 0.595. The summed E-state index contributed by atoms with van der Waals surface area (Å²) in [5, 5.41) is 3.93. The van der Waals surface area contributed by atoms with Gasteiger partial charge in [0.2, 0.25) is 0 Å². The van der Waals surface area contributed by atoms with Gasteiger partial charge in [-0.1, -0.05) is 0 Å². The molecule has 0 amide bonds. The molecule has 0 radical (unpaired) electrons. The van der Waals surface area contributed by atoms with Gasteiger partial charge in [0, 0.05) is 6.21 Å². The molecule has 0 aromatic carbocycles. The van der Waals surface area contributed by atoms with Gasteiger partial charge in [0.25, 0.3) is 0 Å². The summed E-state index contributed by atoms with van der Waals surface area (Å²) in [6.45, 7) is 3.67. The number of hydrogen-bond donors (Lipinski definition) is 1. The molecular weight excluding hydrogens is 128 g/mol. The van der Waals surface area contributed by atoms with Crippen molar-refractivity contribution in [2.75, 3.05) is 5.73 Å². The topological polar surface area (TPSA) is 56.2 Å². The van der Waals surface area contributed by atoms with Crippen LogP contribution < -0.4 is 5.73 Å². The zero-order valence-corrected chi connectivity index (χ0v) is 6.07. The lowest BCUT2D eigenvalue weighted by Crippen LogP contribution is -1.95. The van der Waals surface area contributed by atoms with E-state index in [1.165, 1.54) is 4.68 Å². The maximum atomic E-state index is 5.58. The van der Waals surface area contributed by atoms with E-state index in [4.69, 9.17) is 5.73 Å². The van der Waals surface area contributed by atoms with Gasteiger partial charge in [-0.2, -0.15) is 5.10 Å². The number of rotatable bonds is 1. The van der Waals surface area contributed by atoms with Gasteiger partial charge in [0.15, 0.2) is 0 Å². The van der Waals surface area contributed by atoms with E-state index in [0.29, 0.717) is 5.82 Å². The normalized spacial score (nSPS) is 11.0. The number of nitrogen functional groups attached to an aromatic ring is 1. The third-order valence-electron chi connectivity index (χ3n) is 1.22. The molecule has 0 atom stereocenters. The monoisotopic (exact) mass is 138 g/mol. The smallest absolute Gasteiger partial charge is 0.148 e. The Morgan fingerprint density at radius 2 is 2.50 bits per heavy atom. The number of aromatic nitrogens is 2. The molecule has 0 aliphatic heterocycles. The molecule has 2 N–H and O–H groups in total. The fraction of sp³-hybridized carbons (Fsp3) is 0.333. The third-order valence-corrected chi connectivity index (χ3v) is 1.22. The molecule has 0 aliphatic rings. The molecule has 0 aliphatic carbocycles. The Hall–Kier alpha value is -1.32. The van der Waals surface area contributed by atoms with Crippen LogP contribution in [0.15, 0.2) is 11.4 Å². The van der Waals surface area contributed by atoms with Crippen molar-refractivity contribution in [3.05, 3.63) is 12.0 Å². The Bertz CT molecular complexity index is 248. The average Bonchev–Trinajstić information content (AvgIpc) is 2.20. The van der Waals surface area contributed by atoms with Gasteiger partial charge < -0.3 is 5.73 Å². The quantitative estimate of drug-likeness (QED) is 0.578. The van der Waals surface area contributed by atoms with E-state index in [2.05, 4.69) is 10.1 Å². The third kappa shape index (κ3) is 1.00. The lowest BCUT2D eigenvalue weighted by atomic mass is 10.5. The van der Waals surface area contributed by atoms with Crippen molar-refractivity contribution in [1.82, 2.24) is 9.66 Å². The summed E-state index contributed by atoms with van der Waals surface area (Å²) in [4.78, 5) is 3.96. The molecule has 1 rings (SSSR count). The number of nitrogens with two attached hydrogens (primary N) is 1. The largest absolute Gasteiger partial charge is 0.382 e. The summed E-state index contributed by atoms with van der Waals surface area (Å²) in [6.07, 6.45) is 3.25. The highest BCUT2D eigenvalue weighted by Gasteiger charge is 1.98. The molecule has 10 heavy (non-hydrogen) atoms. The van der Waals surface area contributed by atoms with Crippen LogP contribution in [0.3, 0.4) is 0 Å². The molecule has 0 saturated heterocycles. The molecule has 1 aromatic heterocycles. The SMILES string of the molecule is CC=Nn1cnc(C)c1N. The first-order chi connectivity index (χ1) is 4.75. The van der Waals surface area contributed by atoms with E-state index in [9.17, 15) is 0 Å². The predicted octanol–water partition coefficient (Wildman–Crippen LogP) is 0.628. The summed E-state index contributed by atoms with van der Waals surface area (Å²) in [7, 11) is 0. The standard InChI is InChI=1S/C6H10N4/c1-3-9-10-4-8-5(2)6(10)7/h3-4H,7H2,1-2H3. The van der Waals surface area contributed by atoms with Gasteiger partial charge in [-0.25, -0.2) is 9.66 Å². The van der Waals surface area contributed by atoms with Crippen molar-refractivity contribution in [2.45, 2.75) is 13.8 Å². The predicted molar refractivity (Wildman–Crippen MR) is 40.9 cm³/mol. The fourth-order valence-electron chi connectivity index (χ4n) is 0.652. The first-order valence-electron chi connectivity index (χ1n) is 3.04. The first kappa shape index (κ1) is 6.80. The van der Waals surface area contributed by atoms with Gasteiger partial charge in [0.1, 0.15) is 12.1 Å². The number of anilines is 1. The van der Waals surface area contributed by atoms with Crippen molar-refractivity contribution in [3.63, 3.8) is 0 Å². The van der Waals surface area contributed by atoms with Crippen LogP contribution in [0.25, 0.3) is 0 Å². The minimum Gasteiger partial charge on any atom is -0.382 e. The zero-order chi connectivity index (χ0) is 7.56. The Labute approximate surface area is 59.4 Å². The summed E-state index contributed by atoms with van der Waals surface area (Å²) in [5.74, 6) is 0.595. The second kappa shape index (κ2) is 2.51. The number of nitrogens with zero attached hydrogens (tertiary/aromatic N) is 3. The van der Waals surface area contributed by atoms with E-state index < -0.39 is 0 Å². The molecule has 4 nitrogen and oxygen atoms in total. The van der Waals surface area contributed by atoms with Crippen LogP contribution in [0.1, 0.15) is 12.6 Å². The molecule has 0 spiro atoms. The number of imidazole rings is 1. The van der Waals surface area contributed by atoms with Gasteiger partial charge in [-0.05, 0) is 13.8 Å². The van der Waals surface area contributed by atoms with Crippen LogP contribution in [0.4, 0.5) is 5.82 Å². The van der Waals surface area contributed by atoms with Crippen LogP contribution in [0.5, 0.6) is 0 Å². The number of aryl methyl sites for hydroxylation is 1. The Morgan fingerprint density at radius 3 is 2.90 bits per heavy atom. The van der Waals surface area contributed by atoms with Gasteiger partial charge >= 0.3 is 0 Å². The highest BCUT2D eigenvalue weighted by molar-refractivity contribution is 5.53. The molecule has 54 valence electrons. The average molecular weight is 138 g/mol.